The van der Waals surface area contributed by atoms with Gasteiger partial charge in [0.05, 0.1) is 24.9 Å². The van der Waals surface area contributed by atoms with Crippen molar-refractivity contribution < 1.29 is 9.53 Å². The van der Waals surface area contributed by atoms with Gasteiger partial charge in [-0.3, -0.25) is 10.1 Å². The zero-order valence-corrected chi connectivity index (χ0v) is 13.7. The maximum Gasteiger partial charge on any atom is 0.240 e. The molecule has 0 aliphatic carbocycles. The maximum absolute atomic E-state index is 12.8. The fraction of sp³-hybridized carbons (Fsp3) is 0.438. The summed E-state index contributed by atoms with van der Waals surface area (Å²) < 4.78 is 9.19. The lowest BCUT2D eigenvalue weighted by atomic mass is 10.0. The second-order valence-corrected chi connectivity index (χ2v) is 6.07. The third-order valence-electron chi connectivity index (χ3n) is 3.84. The van der Waals surface area contributed by atoms with Crippen molar-refractivity contribution in [2.45, 2.75) is 19.0 Å². The lowest BCUT2D eigenvalue weighted by Crippen LogP contribution is -2.51. The molecule has 1 N–H and O–H groups in total. The van der Waals surface area contributed by atoms with Crippen molar-refractivity contribution in [3.8, 4) is 0 Å². The SMILES string of the molecule is O=C(C(Cc1ccccc1)NCc1csnn1)N1CCOCC1. The van der Waals surface area contributed by atoms with Crippen LogP contribution >= 0.6 is 11.5 Å². The van der Waals surface area contributed by atoms with E-state index in [2.05, 4.69) is 14.9 Å². The van der Waals surface area contributed by atoms with Crippen LogP contribution in [0.2, 0.25) is 0 Å². The van der Waals surface area contributed by atoms with Crippen LogP contribution in [0.25, 0.3) is 0 Å². The molecule has 3 rings (SSSR count). The quantitative estimate of drug-likeness (QED) is 0.858. The molecule has 0 bridgehead atoms. The average Bonchev–Trinajstić information content (AvgIpc) is 3.13. The van der Waals surface area contributed by atoms with Crippen molar-refractivity contribution >= 4 is 17.4 Å². The van der Waals surface area contributed by atoms with Crippen LogP contribution in [-0.4, -0.2) is 52.7 Å². The van der Waals surface area contributed by atoms with E-state index in [1.165, 1.54) is 11.5 Å². The third kappa shape index (κ3) is 4.57. The highest BCUT2D eigenvalue weighted by Gasteiger charge is 2.25. The van der Waals surface area contributed by atoms with Crippen LogP contribution in [0.1, 0.15) is 11.3 Å². The summed E-state index contributed by atoms with van der Waals surface area (Å²) in [6.07, 6.45) is 0.661. The van der Waals surface area contributed by atoms with E-state index in [0.29, 0.717) is 39.3 Å². The average molecular weight is 332 g/mol. The summed E-state index contributed by atoms with van der Waals surface area (Å²) in [6, 6.07) is 9.80. The number of amides is 1. The van der Waals surface area contributed by atoms with Crippen LogP contribution in [-0.2, 0) is 22.5 Å². The van der Waals surface area contributed by atoms with Gasteiger partial charge in [0.15, 0.2) is 0 Å². The molecular formula is C16H20N4O2S. The molecule has 6 nitrogen and oxygen atoms in total. The molecule has 1 aromatic carbocycles. The van der Waals surface area contributed by atoms with Gasteiger partial charge in [-0.15, -0.1) is 5.10 Å². The number of carbonyl (C=O) groups is 1. The normalized spacial score (nSPS) is 16.3. The van der Waals surface area contributed by atoms with Gasteiger partial charge in [0.2, 0.25) is 5.91 Å². The molecule has 1 aliphatic heterocycles. The fourth-order valence-electron chi connectivity index (χ4n) is 2.59. The minimum atomic E-state index is -0.266. The first-order valence-electron chi connectivity index (χ1n) is 7.73. The van der Waals surface area contributed by atoms with Crippen molar-refractivity contribution in [1.82, 2.24) is 19.8 Å². The summed E-state index contributed by atoms with van der Waals surface area (Å²) in [5, 5.41) is 9.26. The molecule has 1 aromatic heterocycles. The molecule has 0 spiro atoms. The summed E-state index contributed by atoms with van der Waals surface area (Å²) >= 11 is 1.32. The molecule has 122 valence electrons. The Morgan fingerprint density at radius 2 is 2.09 bits per heavy atom. The Bertz CT molecular complexity index is 600. The van der Waals surface area contributed by atoms with Crippen molar-refractivity contribution in [3.63, 3.8) is 0 Å². The summed E-state index contributed by atoms with van der Waals surface area (Å²) in [6.45, 7) is 3.08. The molecule has 7 heteroatoms. The molecule has 0 saturated carbocycles. The van der Waals surface area contributed by atoms with Gasteiger partial charge < -0.3 is 9.64 Å². The van der Waals surface area contributed by atoms with Crippen LogP contribution in [0.5, 0.6) is 0 Å². The highest BCUT2D eigenvalue weighted by atomic mass is 32.1. The Morgan fingerprint density at radius 3 is 2.78 bits per heavy atom. The molecule has 1 fully saturated rings. The van der Waals surface area contributed by atoms with Crippen molar-refractivity contribution in [2.75, 3.05) is 26.3 Å². The predicted molar refractivity (Wildman–Crippen MR) is 88.1 cm³/mol. The Hall–Kier alpha value is -1.83. The van der Waals surface area contributed by atoms with Crippen LogP contribution in [0, 0.1) is 0 Å². The molecule has 2 heterocycles. The highest BCUT2D eigenvalue weighted by molar-refractivity contribution is 7.03. The van der Waals surface area contributed by atoms with E-state index in [1.807, 2.05) is 40.6 Å². The van der Waals surface area contributed by atoms with E-state index in [9.17, 15) is 4.79 Å². The Labute approximate surface area is 139 Å². The lowest BCUT2D eigenvalue weighted by molar-refractivity contribution is -0.137. The standard InChI is InChI=1S/C16H20N4O2S/c21-16(20-6-8-22-9-7-20)15(10-13-4-2-1-3-5-13)17-11-14-12-23-19-18-14/h1-5,12,15,17H,6-11H2. The van der Waals surface area contributed by atoms with Gasteiger partial charge in [-0.2, -0.15) is 0 Å². The molecule has 2 aromatic rings. The second-order valence-electron chi connectivity index (χ2n) is 5.46. The zero-order valence-electron chi connectivity index (χ0n) is 12.9. The fourth-order valence-corrected chi connectivity index (χ4v) is 3.04. The largest absolute Gasteiger partial charge is 0.378 e. The Morgan fingerprint density at radius 1 is 1.30 bits per heavy atom. The molecule has 23 heavy (non-hydrogen) atoms. The number of morpholine rings is 1. The molecule has 1 atom stereocenters. The smallest absolute Gasteiger partial charge is 0.240 e. The van der Waals surface area contributed by atoms with Gasteiger partial charge in [-0.25, -0.2) is 0 Å². The number of hydrogen-bond acceptors (Lipinski definition) is 6. The van der Waals surface area contributed by atoms with E-state index in [1.54, 1.807) is 0 Å². The molecule has 1 amide bonds. The molecule has 1 unspecified atom stereocenters. The van der Waals surface area contributed by atoms with Crippen LogP contribution in [0.15, 0.2) is 35.7 Å². The van der Waals surface area contributed by atoms with Crippen molar-refractivity contribution in [3.05, 3.63) is 47.0 Å². The Balaban J connectivity index is 1.67. The highest BCUT2D eigenvalue weighted by Crippen LogP contribution is 2.09. The van der Waals surface area contributed by atoms with E-state index in [4.69, 9.17) is 4.74 Å². The van der Waals surface area contributed by atoms with Gasteiger partial charge in [-0.1, -0.05) is 34.8 Å². The molecule has 1 saturated heterocycles. The predicted octanol–water partition coefficient (Wildman–Crippen LogP) is 1.10. The number of rotatable bonds is 6. The number of hydrogen-bond donors (Lipinski definition) is 1. The van der Waals surface area contributed by atoms with Crippen LogP contribution in [0.3, 0.4) is 0 Å². The number of nitrogens with one attached hydrogen (secondary N) is 1. The number of benzene rings is 1. The van der Waals surface area contributed by atoms with Gasteiger partial charge in [0, 0.05) is 25.0 Å². The van der Waals surface area contributed by atoms with Crippen molar-refractivity contribution in [2.24, 2.45) is 0 Å². The topological polar surface area (TPSA) is 67.4 Å². The second kappa shape index (κ2) is 8.14. The number of aromatic nitrogens is 2. The summed E-state index contributed by atoms with van der Waals surface area (Å²) in [4.78, 5) is 14.7. The Kier molecular flexibility index (Phi) is 5.68. The summed E-state index contributed by atoms with van der Waals surface area (Å²) in [5.74, 6) is 0.125. The molecule has 1 aliphatic rings. The first-order chi connectivity index (χ1) is 11.3. The summed E-state index contributed by atoms with van der Waals surface area (Å²) in [5.41, 5.74) is 2.01. The van der Waals surface area contributed by atoms with E-state index >= 15 is 0 Å². The van der Waals surface area contributed by atoms with Gasteiger partial charge in [-0.05, 0) is 23.5 Å². The lowest BCUT2D eigenvalue weighted by Gasteiger charge is -2.30. The van der Waals surface area contributed by atoms with Crippen molar-refractivity contribution in [1.29, 1.82) is 0 Å². The number of ether oxygens (including phenoxy) is 1. The zero-order chi connectivity index (χ0) is 15.9. The monoisotopic (exact) mass is 332 g/mol. The number of nitrogens with zero attached hydrogens (tertiary/aromatic N) is 3. The van der Waals surface area contributed by atoms with Gasteiger partial charge >= 0.3 is 0 Å². The van der Waals surface area contributed by atoms with Gasteiger partial charge in [0.1, 0.15) is 0 Å². The number of carbonyl (C=O) groups excluding carboxylic acids is 1. The van der Waals surface area contributed by atoms with E-state index < -0.39 is 0 Å². The first kappa shape index (κ1) is 16.0. The van der Waals surface area contributed by atoms with E-state index in [0.717, 1.165) is 11.3 Å². The van der Waals surface area contributed by atoms with Gasteiger partial charge in [0.25, 0.3) is 0 Å². The minimum absolute atomic E-state index is 0.125. The molecule has 0 radical (unpaired) electrons. The third-order valence-corrected chi connectivity index (χ3v) is 4.39. The van der Waals surface area contributed by atoms with Crippen LogP contribution in [0.4, 0.5) is 0 Å². The summed E-state index contributed by atoms with van der Waals surface area (Å²) in [7, 11) is 0. The maximum atomic E-state index is 12.8. The minimum Gasteiger partial charge on any atom is -0.378 e. The molecular weight excluding hydrogens is 312 g/mol. The first-order valence-corrected chi connectivity index (χ1v) is 8.56. The van der Waals surface area contributed by atoms with Crippen LogP contribution < -0.4 is 5.32 Å². The van der Waals surface area contributed by atoms with E-state index in [-0.39, 0.29) is 11.9 Å².